The fraction of sp³-hybridized carbons (Fsp3) is 1.00. The van der Waals surface area contributed by atoms with Crippen molar-refractivity contribution < 1.29 is 8.42 Å². The maximum atomic E-state index is 11.4. The Morgan fingerprint density at radius 3 is 2.67 bits per heavy atom. The number of nitrogens with two attached hydrogens (primary N) is 1. The van der Waals surface area contributed by atoms with Gasteiger partial charge in [0, 0.05) is 19.1 Å². The van der Waals surface area contributed by atoms with Crippen LogP contribution in [0.25, 0.3) is 0 Å². The second-order valence-electron chi connectivity index (χ2n) is 5.10. The van der Waals surface area contributed by atoms with Crippen molar-refractivity contribution in [2.45, 2.75) is 38.6 Å². The van der Waals surface area contributed by atoms with Crippen molar-refractivity contribution in [3.63, 3.8) is 0 Å². The maximum absolute atomic E-state index is 11.4. The van der Waals surface area contributed by atoms with Crippen LogP contribution in [0.5, 0.6) is 0 Å². The molecule has 0 radical (unpaired) electrons. The Labute approximate surface area is 111 Å². The lowest BCUT2D eigenvalue weighted by atomic mass is 10.0. The lowest BCUT2D eigenvalue weighted by Gasteiger charge is -2.21. The molecular weight excluding hydrogens is 250 g/mol. The SMILES string of the molecule is CCN(CCCNC1CCCC1CN)S(C)(=O)=O. The molecule has 1 saturated carbocycles. The zero-order chi connectivity index (χ0) is 13.6. The van der Waals surface area contributed by atoms with E-state index >= 15 is 0 Å². The molecule has 0 amide bonds. The fourth-order valence-corrected chi connectivity index (χ4v) is 3.62. The van der Waals surface area contributed by atoms with Gasteiger partial charge in [-0.25, -0.2) is 12.7 Å². The predicted octanol–water partition coefficient (Wildman–Crippen LogP) is 0.375. The monoisotopic (exact) mass is 277 g/mol. The normalized spacial score (nSPS) is 24.9. The van der Waals surface area contributed by atoms with E-state index in [0.717, 1.165) is 19.5 Å². The molecule has 0 bridgehead atoms. The van der Waals surface area contributed by atoms with Crippen LogP contribution in [0.4, 0.5) is 0 Å². The van der Waals surface area contributed by atoms with Crippen LogP contribution in [-0.4, -0.2) is 51.2 Å². The van der Waals surface area contributed by atoms with Crippen molar-refractivity contribution in [3.05, 3.63) is 0 Å². The summed E-state index contributed by atoms with van der Waals surface area (Å²) in [4.78, 5) is 0. The third kappa shape index (κ3) is 4.84. The summed E-state index contributed by atoms with van der Waals surface area (Å²) < 4.78 is 24.3. The first-order chi connectivity index (χ1) is 8.49. The highest BCUT2D eigenvalue weighted by atomic mass is 32.2. The van der Waals surface area contributed by atoms with E-state index in [9.17, 15) is 8.42 Å². The van der Waals surface area contributed by atoms with Crippen molar-refractivity contribution in [2.75, 3.05) is 32.4 Å². The molecule has 1 aliphatic rings. The highest BCUT2D eigenvalue weighted by Crippen LogP contribution is 2.24. The number of sulfonamides is 1. The van der Waals surface area contributed by atoms with Crippen molar-refractivity contribution in [2.24, 2.45) is 11.7 Å². The summed E-state index contributed by atoms with van der Waals surface area (Å²) in [6.45, 7) is 4.64. The van der Waals surface area contributed by atoms with Gasteiger partial charge in [0.05, 0.1) is 6.26 Å². The molecule has 1 rings (SSSR count). The molecule has 0 aromatic carbocycles. The van der Waals surface area contributed by atoms with Gasteiger partial charge in [0.1, 0.15) is 0 Å². The highest BCUT2D eigenvalue weighted by molar-refractivity contribution is 7.88. The number of hydrogen-bond donors (Lipinski definition) is 2. The minimum Gasteiger partial charge on any atom is -0.330 e. The Balaban J connectivity index is 2.22. The summed E-state index contributed by atoms with van der Waals surface area (Å²) in [6, 6.07) is 0.531. The van der Waals surface area contributed by atoms with Gasteiger partial charge in [-0.1, -0.05) is 13.3 Å². The summed E-state index contributed by atoms with van der Waals surface area (Å²) in [5.74, 6) is 0.599. The van der Waals surface area contributed by atoms with Crippen LogP contribution in [0.2, 0.25) is 0 Å². The van der Waals surface area contributed by atoms with Crippen LogP contribution in [-0.2, 0) is 10.0 Å². The Hall–Kier alpha value is -0.170. The molecule has 18 heavy (non-hydrogen) atoms. The molecule has 3 N–H and O–H groups in total. The zero-order valence-corrected chi connectivity index (χ0v) is 12.4. The molecule has 0 saturated heterocycles. The van der Waals surface area contributed by atoms with Gasteiger partial charge in [-0.05, 0) is 38.3 Å². The standard InChI is InChI=1S/C12H27N3O2S/c1-3-15(18(2,16)17)9-5-8-14-12-7-4-6-11(12)10-13/h11-12,14H,3-10,13H2,1-2H3. The van der Waals surface area contributed by atoms with E-state index in [0.29, 0.717) is 25.0 Å². The van der Waals surface area contributed by atoms with Gasteiger partial charge in [0.15, 0.2) is 0 Å². The highest BCUT2D eigenvalue weighted by Gasteiger charge is 2.25. The van der Waals surface area contributed by atoms with Gasteiger partial charge in [0.25, 0.3) is 0 Å². The predicted molar refractivity (Wildman–Crippen MR) is 74.9 cm³/mol. The average molecular weight is 277 g/mol. The van der Waals surface area contributed by atoms with E-state index in [2.05, 4.69) is 5.32 Å². The van der Waals surface area contributed by atoms with Crippen LogP contribution < -0.4 is 11.1 Å². The number of nitrogens with zero attached hydrogens (tertiary/aromatic N) is 1. The Kier molecular flexibility index (Phi) is 6.55. The van der Waals surface area contributed by atoms with Crippen molar-refractivity contribution in [3.8, 4) is 0 Å². The molecule has 2 atom stereocenters. The van der Waals surface area contributed by atoms with E-state index < -0.39 is 10.0 Å². The first-order valence-electron chi connectivity index (χ1n) is 6.87. The molecular formula is C12H27N3O2S. The van der Waals surface area contributed by atoms with Crippen LogP contribution >= 0.6 is 0 Å². The van der Waals surface area contributed by atoms with Crippen molar-refractivity contribution in [1.29, 1.82) is 0 Å². The van der Waals surface area contributed by atoms with E-state index in [1.165, 1.54) is 29.8 Å². The molecule has 0 aromatic heterocycles. The minimum absolute atomic E-state index is 0.531. The summed E-state index contributed by atoms with van der Waals surface area (Å²) in [5.41, 5.74) is 5.73. The third-order valence-corrected chi connectivity index (χ3v) is 5.15. The third-order valence-electron chi connectivity index (χ3n) is 3.77. The van der Waals surface area contributed by atoms with Crippen LogP contribution in [0.15, 0.2) is 0 Å². The lowest BCUT2D eigenvalue weighted by molar-refractivity contribution is 0.380. The molecule has 1 fully saturated rings. The van der Waals surface area contributed by atoms with Crippen LogP contribution in [0.1, 0.15) is 32.6 Å². The maximum Gasteiger partial charge on any atom is 0.211 e. The van der Waals surface area contributed by atoms with Gasteiger partial charge in [-0.15, -0.1) is 0 Å². The molecule has 0 aromatic rings. The van der Waals surface area contributed by atoms with Crippen LogP contribution in [0.3, 0.4) is 0 Å². The Morgan fingerprint density at radius 2 is 2.11 bits per heavy atom. The summed E-state index contributed by atoms with van der Waals surface area (Å²) in [7, 11) is -3.04. The summed E-state index contributed by atoms with van der Waals surface area (Å²) in [5, 5.41) is 3.51. The Bertz CT molecular complexity index is 332. The van der Waals surface area contributed by atoms with E-state index in [4.69, 9.17) is 5.73 Å². The first-order valence-corrected chi connectivity index (χ1v) is 8.72. The van der Waals surface area contributed by atoms with E-state index in [1.54, 1.807) is 0 Å². The molecule has 2 unspecified atom stereocenters. The molecule has 0 aliphatic heterocycles. The van der Waals surface area contributed by atoms with Crippen molar-refractivity contribution in [1.82, 2.24) is 9.62 Å². The summed E-state index contributed by atoms with van der Waals surface area (Å²) in [6.07, 6.45) is 5.80. The number of nitrogens with one attached hydrogen (secondary N) is 1. The molecule has 108 valence electrons. The smallest absolute Gasteiger partial charge is 0.211 e. The second kappa shape index (κ2) is 7.43. The van der Waals surface area contributed by atoms with E-state index in [-0.39, 0.29) is 0 Å². The lowest BCUT2D eigenvalue weighted by Crippen LogP contribution is -2.38. The van der Waals surface area contributed by atoms with Gasteiger partial charge in [-0.3, -0.25) is 0 Å². The molecule has 1 aliphatic carbocycles. The first kappa shape index (κ1) is 15.9. The van der Waals surface area contributed by atoms with E-state index in [1.807, 2.05) is 6.92 Å². The molecule has 0 heterocycles. The average Bonchev–Trinajstić information content (AvgIpc) is 2.74. The second-order valence-corrected chi connectivity index (χ2v) is 7.08. The molecule has 6 heteroatoms. The minimum atomic E-state index is -3.04. The summed E-state index contributed by atoms with van der Waals surface area (Å²) >= 11 is 0. The van der Waals surface area contributed by atoms with Crippen LogP contribution in [0, 0.1) is 5.92 Å². The van der Waals surface area contributed by atoms with Gasteiger partial charge >= 0.3 is 0 Å². The fourth-order valence-electron chi connectivity index (χ4n) is 2.69. The van der Waals surface area contributed by atoms with Gasteiger partial charge < -0.3 is 11.1 Å². The zero-order valence-electron chi connectivity index (χ0n) is 11.6. The number of hydrogen-bond acceptors (Lipinski definition) is 4. The number of rotatable bonds is 8. The van der Waals surface area contributed by atoms with Gasteiger partial charge in [0.2, 0.25) is 10.0 Å². The van der Waals surface area contributed by atoms with Gasteiger partial charge in [-0.2, -0.15) is 0 Å². The van der Waals surface area contributed by atoms with Crippen molar-refractivity contribution >= 4 is 10.0 Å². The largest absolute Gasteiger partial charge is 0.330 e. The topological polar surface area (TPSA) is 75.4 Å². The quantitative estimate of drug-likeness (QED) is 0.629. The Morgan fingerprint density at radius 1 is 1.39 bits per heavy atom. The molecule has 0 spiro atoms. The molecule has 5 nitrogen and oxygen atoms in total.